The first-order valence-corrected chi connectivity index (χ1v) is 9.90. The van der Waals surface area contributed by atoms with Gasteiger partial charge >= 0.3 is 5.97 Å². The van der Waals surface area contributed by atoms with E-state index in [2.05, 4.69) is 5.32 Å². The Hall–Kier alpha value is -2.37. The maximum absolute atomic E-state index is 13.2. The van der Waals surface area contributed by atoms with E-state index in [9.17, 15) is 14.4 Å². The molecule has 27 heavy (non-hydrogen) atoms. The number of nitrogens with one attached hydrogen (secondary N) is 1. The number of benzene rings is 1. The van der Waals surface area contributed by atoms with Gasteiger partial charge in [0.25, 0.3) is 5.91 Å². The minimum atomic E-state index is -0.496. The maximum atomic E-state index is 13.2. The van der Waals surface area contributed by atoms with E-state index in [4.69, 9.17) is 4.74 Å². The summed E-state index contributed by atoms with van der Waals surface area (Å²) in [6.45, 7) is 0. The van der Waals surface area contributed by atoms with Crippen molar-refractivity contribution in [3.05, 3.63) is 29.8 Å². The Kier molecular flexibility index (Phi) is 4.89. The molecule has 0 spiro atoms. The number of fused-ring (bicyclic) bond motifs is 1. The van der Waals surface area contributed by atoms with Crippen LogP contribution in [0.4, 0.5) is 5.69 Å². The summed E-state index contributed by atoms with van der Waals surface area (Å²) in [5.41, 5.74) is 1.24. The number of methoxy groups -OCH3 is 1. The van der Waals surface area contributed by atoms with Crippen molar-refractivity contribution in [2.45, 2.75) is 57.0 Å². The van der Waals surface area contributed by atoms with Crippen molar-refractivity contribution >= 4 is 23.5 Å². The van der Waals surface area contributed by atoms with Crippen molar-refractivity contribution in [1.82, 2.24) is 4.90 Å². The molecule has 2 aliphatic carbocycles. The molecule has 1 aromatic rings. The van der Waals surface area contributed by atoms with E-state index in [1.165, 1.54) is 7.11 Å². The number of anilines is 1. The van der Waals surface area contributed by atoms with Crippen molar-refractivity contribution < 1.29 is 19.1 Å². The number of carbonyl (C=O) groups is 3. The molecule has 0 bridgehead atoms. The first-order chi connectivity index (χ1) is 13.1. The molecule has 0 aromatic heterocycles. The fourth-order valence-electron chi connectivity index (χ4n) is 4.53. The molecule has 1 heterocycles. The van der Waals surface area contributed by atoms with Crippen LogP contribution in [-0.2, 0) is 14.3 Å². The minimum absolute atomic E-state index is 0.0458. The van der Waals surface area contributed by atoms with Crippen molar-refractivity contribution in [2.75, 3.05) is 12.4 Å². The first-order valence-electron chi connectivity index (χ1n) is 9.90. The number of carbonyl (C=O) groups excluding carboxylic acids is 3. The van der Waals surface area contributed by atoms with Gasteiger partial charge in [0.15, 0.2) is 0 Å². The van der Waals surface area contributed by atoms with Crippen LogP contribution in [0.5, 0.6) is 0 Å². The molecule has 3 fully saturated rings. The van der Waals surface area contributed by atoms with E-state index in [0.29, 0.717) is 23.6 Å². The highest BCUT2D eigenvalue weighted by atomic mass is 16.5. The minimum Gasteiger partial charge on any atom is -0.467 e. The molecule has 3 atom stereocenters. The van der Waals surface area contributed by atoms with Crippen LogP contribution in [0.2, 0.25) is 0 Å². The third kappa shape index (κ3) is 3.57. The van der Waals surface area contributed by atoms with E-state index in [1.807, 2.05) is 0 Å². The number of esters is 1. The van der Waals surface area contributed by atoms with Gasteiger partial charge in [-0.1, -0.05) is 12.8 Å². The zero-order chi connectivity index (χ0) is 19.0. The number of hydrogen-bond donors (Lipinski definition) is 1. The smallest absolute Gasteiger partial charge is 0.328 e. The zero-order valence-electron chi connectivity index (χ0n) is 15.6. The summed E-state index contributed by atoms with van der Waals surface area (Å²) < 4.78 is 4.97. The van der Waals surface area contributed by atoms with Gasteiger partial charge in [0, 0.05) is 23.2 Å². The molecule has 1 aliphatic heterocycles. The molecule has 1 aromatic carbocycles. The number of nitrogens with zero attached hydrogens (tertiary/aromatic N) is 1. The van der Waals surface area contributed by atoms with Gasteiger partial charge < -0.3 is 15.0 Å². The van der Waals surface area contributed by atoms with Gasteiger partial charge in [-0.15, -0.1) is 0 Å². The lowest BCUT2D eigenvalue weighted by Gasteiger charge is -2.33. The molecule has 1 saturated heterocycles. The van der Waals surface area contributed by atoms with E-state index >= 15 is 0 Å². The second-order valence-electron chi connectivity index (χ2n) is 7.94. The van der Waals surface area contributed by atoms with E-state index in [0.717, 1.165) is 38.5 Å². The van der Waals surface area contributed by atoms with Crippen molar-refractivity contribution in [2.24, 2.45) is 11.8 Å². The molecule has 6 heteroatoms. The second kappa shape index (κ2) is 7.33. The van der Waals surface area contributed by atoms with Crippen molar-refractivity contribution in [3.63, 3.8) is 0 Å². The molecule has 1 N–H and O–H groups in total. The SMILES string of the molecule is COC(=O)C1CC2CCCCC2N1C(=O)c1ccc(NC(=O)C2CC2)cc1. The van der Waals surface area contributed by atoms with Gasteiger partial charge in [-0.3, -0.25) is 9.59 Å². The van der Waals surface area contributed by atoms with Crippen LogP contribution in [0.3, 0.4) is 0 Å². The Morgan fingerprint density at radius 1 is 1.04 bits per heavy atom. The maximum Gasteiger partial charge on any atom is 0.328 e. The molecular weight excluding hydrogens is 344 g/mol. The summed E-state index contributed by atoms with van der Waals surface area (Å²) in [7, 11) is 1.38. The van der Waals surface area contributed by atoms with Gasteiger partial charge in [0.2, 0.25) is 5.91 Å². The predicted octanol–water partition coefficient (Wildman–Crippen LogP) is 2.98. The Labute approximate surface area is 159 Å². The number of rotatable bonds is 4. The lowest BCUT2D eigenvalue weighted by Crippen LogP contribution is -2.46. The normalized spacial score (nSPS) is 27.0. The van der Waals surface area contributed by atoms with Gasteiger partial charge in [0.05, 0.1) is 7.11 Å². The van der Waals surface area contributed by atoms with Crippen LogP contribution in [0.1, 0.15) is 55.3 Å². The van der Waals surface area contributed by atoms with E-state index in [-0.39, 0.29) is 29.7 Å². The quantitative estimate of drug-likeness (QED) is 0.827. The lowest BCUT2D eigenvalue weighted by molar-refractivity contribution is -0.145. The molecule has 3 unspecified atom stereocenters. The van der Waals surface area contributed by atoms with Gasteiger partial charge in [-0.2, -0.15) is 0 Å². The highest BCUT2D eigenvalue weighted by Crippen LogP contribution is 2.41. The average Bonchev–Trinajstić information content (AvgIpc) is 3.47. The third-order valence-electron chi connectivity index (χ3n) is 6.14. The summed E-state index contributed by atoms with van der Waals surface area (Å²) >= 11 is 0. The van der Waals surface area contributed by atoms with Crippen molar-refractivity contribution in [1.29, 1.82) is 0 Å². The van der Waals surface area contributed by atoms with Crippen LogP contribution in [-0.4, -0.2) is 41.9 Å². The molecule has 2 amide bonds. The standard InChI is InChI=1S/C21H26N2O4/c1-27-21(26)18-12-15-4-2-3-5-17(15)23(18)20(25)14-8-10-16(11-9-14)22-19(24)13-6-7-13/h8-11,13,15,17-18H,2-7,12H2,1H3,(H,22,24). The zero-order valence-corrected chi connectivity index (χ0v) is 15.6. The number of likely N-dealkylation sites (tertiary alicyclic amines) is 1. The van der Waals surface area contributed by atoms with E-state index in [1.54, 1.807) is 29.2 Å². The highest BCUT2D eigenvalue weighted by molar-refractivity contribution is 5.99. The Balaban J connectivity index is 1.52. The lowest BCUT2D eigenvalue weighted by atomic mass is 9.84. The fourth-order valence-corrected chi connectivity index (χ4v) is 4.53. The molecule has 4 rings (SSSR count). The first kappa shape index (κ1) is 18.0. The molecule has 6 nitrogen and oxygen atoms in total. The number of amides is 2. The average molecular weight is 370 g/mol. The topological polar surface area (TPSA) is 75.7 Å². The molecule has 2 saturated carbocycles. The molecule has 3 aliphatic rings. The fraction of sp³-hybridized carbons (Fsp3) is 0.571. The summed E-state index contributed by atoms with van der Waals surface area (Å²) in [5.74, 6) is 0.110. The molecular formula is C21H26N2O4. The van der Waals surface area contributed by atoms with Gasteiger partial charge in [-0.05, 0) is 62.3 Å². The Morgan fingerprint density at radius 2 is 1.74 bits per heavy atom. The van der Waals surface area contributed by atoms with Crippen LogP contribution in [0.25, 0.3) is 0 Å². The van der Waals surface area contributed by atoms with Gasteiger partial charge in [0.1, 0.15) is 6.04 Å². The molecule has 144 valence electrons. The van der Waals surface area contributed by atoms with E-state index < -0.39 is 6.04 Å². The van der Waals surface area contributed by atoms with Crippen LogP contribution < -0.4 is 5.32 Å². The van der Waals surface area contributed by atoms with Crippen LogP contribution in [0, 0.1) is 11.8 Å². The second-order valence-corrected chi connectivity index (χ2v) is 7.94. The highest BCUT2D eigenvalue weighted by Gasteiger charge is 2.48. The Bertz CT molecular complexity index is 741. The Morgan fingerprint density at radius 3 is 2.41 bits per heavy atom. The summed E-state index contributed by atoms with van der Waals surface area (Å²) in [6, 6.07) is 6.60. The van der Waals surface area contributed by atoms with Crippen LogP contribution >= 0.6 is 0 Å². The number of hydrogen-bond acceptors (Lipinski definition) is 4. The monoisotopic (exact) mass is 370 g/mol. The molecule has 0 radical (unpaired) electrons. The van der Waals surface area contributed by atoms with Gasteiger partial charge in [-0.25, -0.2) is 4.79 Å². The van der Waals surface area contributed by atoms with Crippen molar-refractivity contribution in [3.8, 4) is 0 Å². The summed E-state index contributed by atoms with van der Waals surface area (Å²) in [5, 5.41) is 2.88. The summed E-state index contributed by atoms with van der Waals surface area (Å²) in [4.78, 5) is 39.1. The third-order valence-corrected chi connectivity index (χ3v) is 6.14. The predicted molar refractivity (Wildman–Crippen MR) is 100 cm³/mol. The summed E-state index contributed by atoms with van der Waals surface area (Å²) in [6.07, 6.45) is 6.85. The largest absolute Gasteiger partial charge is 0.467 e. The van der Waals surface area contributed by atoms with Crippen LogP contribution in [0.15, 0.2) is 24.3 Å². The number of ether oxygens (including phenoxy) is 1.